The van der Waals surface area contributed by atoms with Crippen LogP contribution in [-0.2, 0) is 0 Å². The highest BCUT2D eigenvalue weighted by Gasteiger charge is 2.08. The number of nitrogens with two attached hydrogens (primary N) is 1. The summed E-state index contributed by atoms with van der Waals surface area (Å²) in [7, 11) is 0. The van der Waals surface area contributed by atoms with Crippen molar-refractivity contribution in [3.63, 3.8) is 0 Å². The van der Waals surface area contributed by atoms with Crippen molar-refractivity contribution in [3.05, 3.63) is 54.4 Å². The summed E-state index contributed by atoms with van der Waals surface area (Å²) in [4.78, 5) is 12.0. The summed E-state index contributed by atoms with van der Waals surface area (Å²) < 4.78 is 18.3. The van der Waals surface area contributed by atoms with Crippen molar-refractivity contribution in [1.29, 1.82) is 0 Å². The van der Waals surface area contributed by atoms with Gasteiger partial charge >= 0.3 is 0 Å². The molecular weight excluding hydrogens is 303 g/mol. The van der Waals surface area contributed by atoms with Crippen molar-refractivity contribution < 1.29 is 14.0 Å². The number of amidine groups is 1. The molecule has 8 nitrogen and oxygen atoms in total. The van der Waals surface area contributed by atoms with E-state index in [1.54, 1.807) is 12.1 Å². The minimum absolute atomic E-state index is 0.0858. The first-order valence-corrected chi connectivity index (χ1v) is 6.44. The molecule has 9 heteroatoms. The van der Waals surface area contributed by atoms with Crippen LogP contribution in [0.2, 0.25) is 0 Å². The van der Waals surface area contributed by atoms with Gasteiger partial charge in [0.05, 0.1) is 24.3 Å². The Kier molecular flexibility index (Phi) is 3.83. The number of nitrogens with one attached hydrogen (secondary N) is 1. The second kappa shape index (κ2) is 6.10. The van der Waals surface area contributed by atoms with Gasteiger partial charge in [-0.3, -0.25) is 4.98 Å². The van der Waals surface area contributed by atoms with Crippen LogP contribution in [0.15, 0.2) is 52.4 Å². The number of pyridine rings is 2. The van der Waals surface area contributed by atoms with Gasteiger partial charge in [-0.2, -0.15) is 0 Å². The molecular formula is C14H11FN6O2. The largest absolute Gasteiger partial charge is 0.422 e. The maximum Gasteiger partial charge on any atom is 0.299 e. The average Bonchev–Trinajstić information content (AvgIpc) is 3.04. The number of aromatic nitrogens is 3. The van der Waals surface area contributed by atoms with Crippen LogP contribution in [0.3, 0.4) is 0 Å². The fourth-order valence-electron chi connectivity index (χ4n) is 1.77. The molecule has 0 aliphatic carbocycles. The van der Waals surface area contributed by atoms with Gasteiger partial charge < -0.3 is 20.7 Å². The van der Waals surface area contributed by atoms with Crippen molar-refractivity contribution in [3.8, 4) is 11.5 Å². The van der Waals surface area contributed by atoms with Gasteiger partial charge in [-0.1, -0.05) is 5.16 Å². The highest BCUT2D eigenvalue weighted by atomic mass is 19.1. The quantitative estimate of drug-likeness (QED) is 0.292. The predicted molar refractivity (Wildman–Crippen MR) is 79.7 cm³/mol. The van der Waals surface area contributed by atoms with Crippen molar-refractivity contribution >= 4 is 17.5 Å². The Hall–Kier alpha value is -3.49. The summed E-state index contributed by atoms with van der Waals surface area (Å²) >= 11 is 0. The van der Waals surface area contributed by atoms with Crippen molar-refractivity contribution in [2.45, 2.75) is 0 Å². The van der Waals surface area contributed by atoms with Crippen LogP contribution in [0.4, 0.5) is 16.1 Å². The number of hydrogen-bond acceptors (Lipinski definition) is 7. The Morgan fingerprint density at radius 3 is 2.65 bits per heavy atom. The summed E-state index contributed by atoms with van der Waals surface area (Å²) in [5.41, 5.74) is 6.83. The van der Waals surface area contributed by atoms with Gasteiger partial charge in [0.15, 0.2) is 11.6 Å². The number of anilines is 2. The van der Waals surface area contributed by atoms with E-state index in [2.05, 4.69) is 25.4 Å². The number of oxazole rings is 1. The zero-order chi connectivity index (χ0) is 16.2. The van der Waals surface area contributed by atoms with Gasteiger partial charge in [-0.05, 0) is 24.3 Å². The molecule has 23 heavy (non-hydrogen) atoms. The third-order valence-electron chi connectivity index (χ3n) is 2.87. The zero-order valence-corrected chi connectivity index (χ0v) is 11.6. The van der Waals surface area contributed by atoms with Gasteiger partial charge in [0.25, 0.3) is 6.01 Å². The van der Waals surface area contributed by atoms with E-state index >= 15 is 0 Å². The molecule has 116 valence electrons. The third-order valence-corrected chi connectivity index (χ3v) is 2.87. The maximum atomic E-state index is 12.8. The van der Waals surface area contributed by atoms with Crippen LogP contribution in [0.5, 0.6) is 0 Å². The monoisotopic (exact) mass is 314 g/mol. The lowest BCUT2D eigenvalue weighted by Gasteiger charge is -2.02. The number of oxime groups is 1. The SMILES string of the molecule is N/C(=N\O)c1ccc(Nc2ncc(-c3ccc(F)cn3)o2)cn1. The molecule has 0 radical (unpaired) electrons. The molecule has 0 amide bonds. The topological polar surface area (TPSA) is 122 Å². The molecule has 3 aromatic heterocycles. The zero-order valence-electron chi connectivity index (χ0n) is 11.6. The van der Waals surface area contributed by atoms with E-state index in [4.69, 9.17) is 15.4 Å². The molecule has 0 aliphatic rings. The second-order valence-corrected chi connectivity index (χ2v) is 4.43. The molecule has 0 spiro atoms. The lowest BCUT2D eigenvalue weighted by molar-refractivity contribution is 0.318. The molecule has 0 aromatic carbocycles. The van der Waals surface area contributed by atoms with E-state index in [1.165, 1.54) is 24.5 Å². The number of nitrogens with zero attached hydrogens (tertiary/aromatic N) is 4. The highest BCUT2D eigenvalue weighted by molar-refractivity contribution is 5.95. The van der Waals surface area contributed by atoms with Crippen LogP contribution in [-0.4, -0.2) is 26.0 Å². The summed E-state index contributed by atoms with van der Waals surface area (Å²) in [5.74, 6) is -0.116. The predicted octanol–water partition coefficient (Wildman–Crippen LogP) is 2.11. The van der Waals surface area contributed by atoms with Gasteiger partial charge in [0.2, 0.25) is 0 Å². The Bertz CT molecular complexity index is 829. The van der Waals surface area contributed by atoms with Gasteiger partial charge in [0.1, 0.15) is 17.2 Å². The molecule has 0 unspecified atom stereocenters. The van der Waals surface area contributed by atoms with Gasteiger partial charge in [-0.25, -0.2) is 14.4 Å². The summed E-state index contributed by atoms with van der Waals surface area (Å²) in [6, 6.07) is 6.24. The number of hydrogen-bond donors (Lipinski definition) is 3. The van der Waals surface area contributed by atoms with Crippen LogP contribution < -0.4 is 11.1 Å². The van der Waals surface area contributed by atoms with Crippen molar-refractivity contribution in [2.24, 2.45) is 10.9 Å². The summed E-state index contributed by atoms with van der Waals surface area (Å²) in [6.07, 6.45) is 4.05. The molecule has 0 aliphatic heterocycles. The molecule has 0 saturated heterocycles. The highest BCUT2D eigenvalue weighted by Crippen LogP contribution is 2.22. The first-order chi connectivity index (χ1) is 11.2. The Morgan fingerprint density at radius 2 is 2.00 bits per heavy atom. The van der Waals surface area contributed by atoms with E-state index in [0.29, 0.717) is 22.8 Å². The number of rotatable bonds is 4. The maximum absolute atomic E-state index is 12.8. The molecule has 0 atom stereocenters. The first kappa shape index (κ1) is 14.4. The molecule has 0 bridgehead atoms. The molecule has 4 N–H and O–H groups in total. The fraction of sp³-hybridized carbons (Fsp3) is 0. The van der Waals surface area contributed by atoms with E-state index in [0.717, 1.165) is 6.20 Å². The van der Waals surface area contributed by atoms with Crippen LogP contribution in [0.25, 0.3) is 11.5 Å². The molecule has 0 fully saturated rings. The molecule has 3 heterocycles. The van der Waals surface area contributed by atoms with E-state index in [-0.39, 0.29) is 11.9 Å². The summed E-state index contributed by atoms with van der Waals surface area (Å²) in [6.45, 7) is 0. The Balaban J connectivity index is 1.75. The van der Waals surface area contributed by atoms with Crippen LogP contribution >= 0.6 is 0 Å². The van der Waals surface area contributed by atoms with Gasteiger partial charge in [-0.15, -0.1) is 0 Å². The molecule has 3 aromatic rings. The van der Waals surface area contributed by atoms with E-state index in [9.17, 15) is 4.39 Å². The standard InChI is InChI=1S/C14H11FN6O2/c15-8-1-3-10(17-5-8)12-7-19-14(23-12)20-9-2-4-11(18-6-9)13(16)21-22/h1-7,22H,(H2,16,21)(H,19,20). The Morgan fingerprint density at radius 1 is 1.13 bits per heavy atom. The number of halogens is 1. The molecule has 3 rings (SSSR count). The minimum Gasteiger partial charge on any atom is -0.422 e. The smallest absolute Gasteiger partial charge is 0.299 e. The Labute approximate surface area is 129 Å². The lowest BCUT2D eigenvalue weighted by Crippen LogP contribution is -2.14. The molecule has 0 saturated carbocycles. The first-order valence-electron chi connectivity index (χ1n) is 6.44. The van der Waals surface area contributed by atoms with Crippen LogP contribution in [0.1, 0.15) is 5.69 Å². The lowest BCUT2D eigenvalue weighted by atomic mass is 10.3. The van der Waals surface area contributed by atoms with Crippen LogP contribution in [0, 0.1) is 5.82 Å². The normalized spacial score (nSPS) is 11.4. The van der Waals surface area contributed by atoms with Crippen molar-refractivity contribution in [2.75, 3.05) is 5.32 Å². The second-order valence-electron chi connectivity index (χ2n) is 4.43. The van der Waals surface area contributed by atoms with Crippen molar-refractivity contribution in [1.82, 2.24) is 15.0 Å². The average molecular weight is 314 g/mol. The van der Waals surface area contributed by atoms with Gasteiger partial charge in [0, 0.05) is 0 Å². The third kappa shape index (κ3) is 3.23. The van der Waals surface area contributed by atoms with E-state index in [1.807, 2.05) is 0 Å². The minimum atomic E-state index is -0.427. The fourth-order valence-corrected chi connectivity index (χ4v) is 1.77. The summed E-state index contributed by atoms with van der Waals surface area (Å²) in [5, 5.41) is 14.3. The van der Waals surface area contributed by atoms with E-state index < -0.39 is 5.82 Å².